The average Bonchev–Trinajstić information content (AvgIpc) is 2.52. The molecular formula is C6I3N5O3. The molecule has 0 saturated carbocycles. The van der Waals surface area contributed by atoms with Crippen LogP contribution in [-0.4, -0.2) is 13.0 Å². The van der Waals surface area contributed by atoms with E-state index in [4.69, 9.17) is 6.57 Å². The van der Waals surface area contributed by atoms with Crippen LogP contribution in [0.2, 0.25) is 0 Å². The minimum atomic E-state index is -0.796. The van der Waals surface area contributed by atoms with E-state index in [-0.39, 0.29) is 11.2 Å². The molecule has 0 aliphatic carbocycles. The highest BCUT2D eigenvalue weighted by Gasteiger charge is 2.23. The van der Waals surface area contributed by atoms with Gasteiger partial charge in [-0.1, -0.05) is 0 Å². The van der Waals surface area contributed by atoms with Gasteiger partial charge in [0.25, 0.3) is 0 Å². The monoisotopic (exact) mass is 571 g/mol. The molecule has 0 amide bonds. The van der Waals surface area contributed by atoms with Crippen molar-refractivity contribution in [2.45, 2.75) is 0 Å². The zero-order valence-electron chi connectivity index (χ0n) is 7.59. The fourth-order valence-corrected chi connectivity index (χ4v) is 4.01. The molecule has 0 atom stereocenters. The third-order valence-corrected chi connectivity index (χ3v) is 4.59. The van der Waals surface area contributed by atoms with Gasteiger partial charge in [0.1, 0.15) is 0 Å². The van der Waals surface area contributed by atoms with E-state index in [2.05, 4.69) is 4.95 Å². The molecule has 2 rings (SSSR count). The molecule has 0 aromatic carbocycles. The maximum atomic E-state index is 11.9. The normalized spacial score (nSPS) is 10.7. The molecule has 2 aromatic rings. The molecule has 0 radical (unpaired) electrons. The standard InChI is InChI=1S/C6I3N5O3/c1-10-14-4(15)2-3(13(9)6(14)17)12(8)5(16)11(2)7. The van der Waals surface area contributed by atoms with Crippen LogP contribution >= 0.6 is 68.6 Å². The van der Waals surface area contributed by atoms with Crippen LogP contribution in [0.4, 0.5) is 0 Å². The summed E-state index contributed by atoms with van der Waals surface area (Å²) in [6.45, 7) is 6.80. The summed E-state index contributed by atoms with van der Waals surface area (Å²) in [6, 6.07) is 0. The van der Waals surface area contributed by atoms with Crippen molar-refractivity contribution in [3.8, 4) is 0 Å². The number of fused-ring (bicyclic) bond motifs is 1. The summed E-state index contributed by atoms with van der Waals surface area (Å²) in [5.41, 5.74) is -1.86. The van der Waals surface area contributed by atoms with E-state index in [0.29, 0.717) is 4.68 Å². The first-order valence-corrected chi connectivity index (χ1v) is 6.73. The zero-order chi connectivity index (χ0) is 12.9. The van der Waals surface area contributed by atoms with Gasteiger partial charge in [-0.15, -0.1) is 4.95 Å². The zero-order valence-corrected chi connectivity index (χ0v) is 14.1. The fraction of sp³-hybridized carbons (Fsp3) is 0. The third-order valence-electron chi connectivity index (χ3n) is 1.96. The highest BCUT2D eigenvalue weighted by atomic mass is 127. The Balaban J connectivity index is 3.36. The van der Waals surface area contributed by atoms with Crippen molar-refractivity contribution in [2.75, 3.05) is 0 Å². The van der Waals surface area contributed by atoms with Crippen molar-refractivity contribution in [3.63, 3.8) is 0 Å². The molecule has 88 valence electrons. The van der Waals surface area contributed by atoms with Crippen LogP contribution in [-0.2, 0) is 0 Å². The van der Waals surface area contributed by atoms with Gasteiger partial charge in [0.15, 0.2) is 11.2 Å². The summed E-state index contributed by atoms with van der Waals surface area (Å²) in [4.78, 5) is 38.1. The fourth-order valence-electron chi connectivity index (χ4n) is 1.24. The lowest BCUT2D eigenvalue weighted by atomic mass is 10.5. The smallest absolute Gasteiger partial charge is 0.259 e. The molecule has 0 aliphatic heterocycles. The number of aromatic nitrogens is 4. The lowest BCUT2D eigenvalue weighted by molar-refractivity contribution is 0.881. The van der Waals surface area contributed by atoms with Crippen molar-refractivity contribution in [3.05, 3.63) is 42.8 Å². The molecule has 0 fully saturated rings. The lowest BCUT2D eigenvalue weighted by Crippen LogP contribution is -2.34. The van der Waals surface area contributed by atoms with Gasteiger partial charge in [0.05, 0.1) is 73.3 Å². The first kappa shape index (κ1) is 13.1. The van der Waals surface area contributed by atoms with Gasteiger partial charge < -0.3 is 0 Å². The minimum absolute atomic E-state index is 0.00926. The second-order valence-corrected chi connectivity index (χ2v) is 5.69. The molecule has 8 nitrogen and oxygen atoms in total. The van der Waals surface area contributed by atoms with Crippen molar-refractivity contribution in [2.24, 2.45) is 0 Å². The van der Waals surface area contributed by atoms with Gasteiger partial charge in [-0.2, -0.15) is 6.57 Å². The number of nitrogens with zero attached hydrogens (tertiary/aromatic N) is 5. The highest BCUT2D eigenvalue weighted by molar-refractivity contribution is 14.1. The second-order valence-electron chi connectivity index (χ2n) is 2.80. The molecule has 0 spiro atoms. The van der Waals surface area contributed by atoms with Crippen LogP contribution in [0.3, 0.4) is 0 Å². The first-order valence-electron chi connectivity index (χ1n) is 3.83. The maximum absolute atomic E-state index is 11.9. The van der Waals surface area contributed by atoms with Gasteiger partial charge in [-0.25, -0.2) is 17.9 Å². The van der Waals surface area contributed by atoms with E-state index >= 15 is 0 Å². The van der Waals surface area contributed by atoms with Gasteiger partial charge in [0.2, 0.25) is 0 Å². The summed E-state index contributed by atoms with van der Waals surface area (Å²) in [5.74, 6) is 0. The predicted molar refractivity (Wildman–Crippen MR) is 85.0 cm³/mol. The van der Waals surface area contributed by atoms with E-state index in [1.165, 1.54) is 0 Å². The summed E-state index contributed by atoms with van der Waals surface area (Å²) in [6.07, 6.45) is 0. The summed E-state index contributed by atoms with van der Waals surface area (Å²) in [5, 5.41) is 0. The topological polar surface area (TPSA) is 75.3 Å². The summed E-state index contributed by atoms with van der Waals surface area (Å²) >= 11 is 4.99. The first-order chi connectivity index (χ1) is 7.91. The molecular weight excluding hydrogens is 571 g/mol. The molecule has 2 aromatic heterocycles. The Kier molecular flexibility index (Phi) is 3.37. The van der Waals surface area contributed by atoms with Gasteiger partial charge in [-0.3, -0.25) is 4.79 Å². The molecule has 0 N–H and O–H groups in total. The highest BCUT2D eigenvalue weighted by Crippen LogP contribution is 2.13. The van der Waals surface area contributed by atoms with Gasteiger partial charge >= 0.3 is 16.9 Å². The third kappa shape index (κ3) is 1.68. The number of rotatable bonds is 0. The summed E-state index contributed by atoms with van der Waals surface area (Å²) in [7, 11) is 0. The number of hydrogen-bond acceptors (Lipinski definition) is 3. The van der Waals surface area contributed by atoms with E-state index in [1.807, 2.05) is 0 Å². The van der Waals surface area contributed by atoms with E-state index < -0.39 is 16.9 Å². The maximum Gasteiger partial charge on any atom is 0.410 e. The van der Waals surface area contributed by atoms with Crippen LogP contribution in [0.1, 0.15) is 0 Å². The minimum Gasteiger partial charge on any atom is -0.259 e. The molecule has 11 heteroatoms. The van der Waals surface area contributed by atoms with Crippen LogP contribution < -0.4 is 16.9 Å². The van der Waals surface area contributed by atoms with Crippen molar-refractivity contribution in [1.82, 2.24) is 13.0 Å². The van der Waals surface area contributed by atoms with Crippen molar-refractivity contribution >= 4 is 79.8 Å². The van der Waals surface area contributed by atoms with Crippen LogP contribution in [0.25, 0.3) is 16.1 Å². The Bertz CT molecular complexity index is 847. The van der Waals surface area contributed by atoms with Gasteiger partial charge in [0, 0.05) is 0 Å². The summed E-state index contributed by atoms with van der Waals surface area (Å²) < 4.78 is 3.69. The van der Waals surface area contributed by atoms with E-state index in [1.54, 1.807) is 68.6 Å². The van der Waals surface area contributed by atoms with Crippen LogP contribution in [0.15, 0.2) is 14.4 Å². The molecule has 0 saturated heterocycles. The Morgan fingerprint density at radius 3 is 2.00 bits per heavy atom. The van der Waals surface area contributed by atoms with Crippen molar-refractivity contribution < 1.29 is 0 Å². The average molecular weight is 571 g/mol. The Morgan fingerprint density at radius 2 is 1.47 bits per heavy atom. The van der Waals surface area contributed by atoms with Crippen LogP contribution in [0.5, 0.6) is 0 Å². The lowest BCUT2D eigenvalue weighted by Gasteiger charge is -1.97. The molecule has 2 heterocycles. The Hall–Kier alpha value is -0.370. The van der Waals surface area contributed by atoms with E-state index in [0.717, 1.165) is 8.34 Å². The second kappa shape index (κ2) is 4.38. The molecule has 0 aliphatic rings. The predicted octanol–water partition coefficient (Wildman–Crippen LogP) is 0.403. The SMILES string of the molecule is [C-]#[N+]n1c(=O)c2c(n(I)c1=O)n(I)c(=O)n2I. The van der Waals surface area contributed by atoms with Gasteiger partial charge in [-0.05, 0) is 0 Å². The Morgan fingerprint density at radius 1 is 0.941 bits per heavy atom. The number of hydrogen-bond donors (Lipinski definition) is 0. The quantitative estimate of drug-likeness (QED) is 0.340. The Labute approximate surface area is 134 Å². The number of halogens is 3. The van der Waals surface area contributed by atoms with E-state index in [9.17, 15) is 14.4 Å². The largest absolute Gasteiger partial charge is 0.410 e. The molecule has 0 unspecified atom stereocenters. The van der Waals surface area contributed by atoms with Crippen LogP contribution in [0, 0.1) is 6.57 Å². The number of imidazole rings is 1. The molecule has 17 heavy (non-hydrogen) atoms. The molecule has 0 bridgehead atoms. The van der Waals surface area contributed by atoms with Crippen molar-refractivity contribution in [1.29, 1.82) is 0 Å².